The standard InChI is InChI=1S/C20H19ClN2O4S/c1-14-12-16-4-2-3-7-23(16)19(14)20(24)15-5-6-17(21)18(13-15)28(25,26)22-8-10-27-11-9-22/h2-7,12-13H,8-11H2,1H3. The van der Waals surface area contributed by atoms with Gasteiger partial charge in [-0.05, 0) is 48.9 Å². The first-order chi connectivity index (χ1) is 13.4. The number of pyridine rings is 1. The van der Waals surface area contributed by atoms with Gasteiger partial charge in [0.05, 0.1) is 23.9 Å². The Morgan fingerprint density at radius 2 is 1.86 bits per heavy atom. The predicted molar refractivity (Wildman–Crippen MR) is 107 cm³/mol. The highest BCUT2D eigenvalue weighted by Crippen LogP contribution is 2.28. The molecule has 1 aliphatic rings. The minimum atomic E-state index is -3.81. The zero-order valence-electron chi connectivity index (χ0n) is 15.3. The molecule has 4 rings (SSSR count). The molecule has 146 valence electrons. The van der Waals surface area contributed by atoms with Crippen LogP contribution in [0.25, 0.3) is 5.52 Å². The Hall–Kier alpha value is -2.19. The smallest absolute Gasteiger partial charge is 0.244 e. The van der Waals surface area contributed by atoms with Crippen molar-refractivity contribution in [2.75, 3.05) is 26.3 Å². The van der Waals surface area contributed by atoms with Crippen LogP contribution in [0.1, 0.15) is 21.6 Å². The van der Waals surface area contributed by atoms with Gasteiger partial charge in [0.2, 0.25) is 15.8 Å². The van der Waals surface area contributed by atoms with Crippen molar-refractivity contribution in [2.45, 2.75) is 11.8 Å². The highest BCUT2D eigenvalue weighted by Gasteiger charge is 2.29. The molecular weight excluding hydrogens is 400 g/mol. The van der Waals surface area contributed by atoms with Crippen LogP contribution in [-0.2, 0) is 14.8 Å². The summed E-state index contributed by atoms with van der Waals surface area (Å²) < 4.78 is 34.4. The molecule has 0 N–H and O–H groups in total. The summed E-state index contributed by atoms with van der Waals surface area (Å²) in [7, 11) is -3.81. The minimum Gasteiger partial charge on any atom is -0.379 e. The number of hydrogen-bond acceptors (Lipinski definition) is 4. The second-order valence-corrected chi connectivity index (χ2v) is 8.98. The Labute approximate surface area is 168 Å². The third-order valence-electron chi connectivity index (χ3n) is 4.87. The quantitative estimate of drug-likeness (QED) is 0.610. The highest BCUT2D eigenvalue weighted by molar-refractivity contribution is 7.89. The molecule has 8 heteroatoms. The average molecular weight is 419 g/mol. The molecule has 0 radical (unpaired) electrons. The molecule has 0 unspecified atom stereocenters. The number of benzene rings is 1. The molecule has 0 amide bonds. The molecule has 6 nitrogen and oxygen atoms in total. The van der Waals surface area contributed by atoms with E-state index in [0.29, 0.717) is 18.9 Å². The number of morpholine rings is 1. The van der Waals surface area contributed by atoms with Crippen LogP contribution in [0.3, 0.4) is 0 Å². The van der Waals surface area contributed by atoms with Crippen molar-refractivity contribution in [2.24, 2.45) is 0 Å². The van der Waals surface area contributed by atoms with E-state index in [0.717, 1.165) is 11.1 Å². The van der Waals surface area contributed by atoms with Gasteiger partial charge >= 0.3 is 0 Å². The third kappa shape index (κ3) is 3.24. The molecule has 1 saturated heterocycles. The molecule has 3 heterocycles. The van der Waals surface area contributed by atoms with Gasteiger partial charge in [0.15, 0.2) is 0 Å². The number of carbonyl (C=O) groups is 1. The number of fused-ring (bicyclic) bond motifs is 1. The number of ether oxygens (including phenoxy) is 1. The van der Waals surface area contributed by atoms with E-state index in [1.165, 1.54) is 16.4 Å². The maximum Gasteiger partial charge on any atom is 0.244 e. The SMILES string of the molecule is Cc1cc2ccccn2c1C(=O)c1ccc(Cl)c(S(=O)(=O)N2CCOCC2)c1. The number of ketones is 1. The number of carbonyl (C=O) groups excluding carboxylic acids is 1. The lowest BCUT2D eigenvalue weighted by Crippen LogP contribution is -2.40. The van der Waals surface area contributed by atoms with Crippen molar-refractivity contribution in [3.63, 3.8) is 0 Å². The summed E-state index contributed by atoms with van der Waals surface area (Å²) in [5.74, 6) is -0.251. The number of aromatic nitrogens is 1. The molecule has 1 aromatic carbocycles. The summed E-state index contributed by atoms with van der Waals surface area (Å²) >= 11 is 6.20. The molecule has 3 aromatic rings. The number of hydrogen-bond donors (Lipinski definition) is 0. The molecule has 1 fully saturated rings. The fourth-order valence-corrected chi connectivity index (χ4v) is 5.36. The number of sulfonamides is 1. The number of aryl methyl sites for hydroxylation is 1. The number of rotatable bonds is 4. The van der Waals surface area contributed by atoms with E-state index >= 15 is 0 Å². The van der Waals surface area contributed by atoms with E-state index in [1.54, 1.807) is 6.07 Å². The fraction of sp³-hybridized carbons (Fsp3) is 0.250. The van der Waals surface area contributed by atoms with Gasteiger partial charge < -0.3 is 9.14 Å². The van der Waals surface area contributed by atoms with Crippen LogP contribution in [0, 0.1) is 6.92 Å². The minimum absolute atomic E-state index is 0.0552. The molecular formula is C20H19ClN2O4S. The van der Waals surface area contributed by atoms with E-state index < -0.39 is 10.0 Å². The Balaban J connectivity index is 1.78. The van der Waals surface area contributed by atoms with Gasteiger partial charge in [-0.1, -0.05) is 17.7 Å². The van der Waals surface area contributed by atoms with E-state index in [9.17, 15) is 13.2 Å². The Kier molecular flexibility index (Phi) is 5.01. The summed E-state index contributed by atoms with van der Waals surface area (Å²) in [4.78, 5) is 13.2. The molecule has 0 bridgehead atoms. The summed E-state index contributed by atoms with van der Waals surface area (Å²) in [5, 5.41) is 0.0970. The number of halogens is 1. The van der Waals surface area contributed by atoms with Crippen molar-refractivity contribution < 1.29 is 17.9 Å². The van der Waals surface area contributed by atoms with Gasteiger partial charge in [0.25, 0.3) is 0 Å². The molecule has 2 aromatic heterocycles. The van der Waals surface area contributed by atoms with Crippen molar-refractivity contribution in [3.8, 4) is 0 Å². The second kappa shape index (κ2) is 7.33. The van der Waals surface area contributed by atoms with Crippen LogP contribution in [0.15, 0.2) is 53.6 Å². The van der Waals surface area contributed by atoms with Crippen molar-refractivity contribution in [1.29, 1.82) is 0 Å². The highest BCUT2D eigenvalue weighted by atomic mass is 35.5. The van der Waals surface area contributed by atoms with Crippen LogP contribution in [0.2, 0.25) is 5.02 Å². The Bertz CT molecular complexity index is 1160. The van der Waals surface area contributed by atoms with E-state index in [4.69, 9.17) is 16.3 Å². The number of nitrogens with zero attached hydrogens (tertiary/aromatic N) is 2. The molecule has 0 spiro atoms. The lowest BCUT2D eigenvalue weighted by atomic mass is 10.1. The molecule has 28 heavy (non-hydrogen) atoms. The third-order valence-corrected chi connectivity index (χ3v) is 7.25. The fourth-order valence-electron chi connectivity index (χ4n) is 3.45. The van der Waals surface area contributed by atoms with E-state index in [-0.39, 0.29) is 34.4 Å². The van der Waals surface area contributed by atoms with Crippen molar-refractivity contribution >= 4 is 32.9 Å². The van der Waals surface area contributed by atoms with Gasteiger partial charge in [-0.15, -0.1) is 0 Å². The second-order valence-electron chi connectivity index (χ2n) is 6.66. The van der Waals surface area contributed by atoms with E-state index in [1.807, 2.05) is 41.8 Å². The first-order valence-electron chi connectivity index (χ1n) is 8.88. The monoisotopic (exact) mass is 418 g/mol. The van der Waals surface area contributed by atoms with Gasteiger partial charge in [-0.3, -0.25) is 4.79 Å². The zero-order valence-corrected chi connectivity index (χ0v) is 16.8. The largest absolute Gasteiger partial charge is 0.379 e. The van der Waals surface area contributed by atoms with Crippen LogP contribution in [0.5, 0.6) is 0 Å². The molecule has 0 saturated carbocycles. The van der Waals surface area contributed by atoms with Crippen molar-refractivity contribution in [3.05, 3.63) is 70.5 Å². The summed E-state index contributed by atoms with van der Waals surface area (Å²) in [6, 6.07) is 12.0. The maximum absolute atomic E-state index is 13.2. The van der Waals surface area contributed by atoms with Crippen LogP contribution < -0.4 is 0 Å². The van der Waals surface area contributed by atoms with Crippen molar-refractivity contribution in [1.82, 2.24) is 8.71 Å². The van der Waals surface area contributed by atoms with Crippen LogP contribution in [-0.4, -0.2) is 49.2 Å². The lowest BCUT2D eigenvalue weighted by molar-refractivity contribution is 0.0730. The first-order valence-corrected chi connectivity index (χ1v) is 10.7. The molecule has 0 atom stereocenters. The summed E-state index contributed by atoms with van der Waals surface area (Å²) in [6.45, 7) is 3.07. The lowest BCUT2D eigenvalue weighted by Gasteiger charge is -2.26. The predicted octanol–water partition coefficient (Wildman–Crippen LogP) is 3.15. The van der Waals surface area contributed by atoms with Gasteiger partial charge in [-0.25, -0.2) is 8.42 Å². The average Bonchev–Trinajstić information content (AvgIpc) is 3.04. The van der Waals surface area contributed by atoms with Gasteiger partial charge in [-0.2, -0.15) is 4.31 Å². The first kappa shape index (κ1) is 19.1. The van der Waals surface area contributed by atoms with Gasteiger partial charge in [0, 0.05) is 30.4 Å². The summed E-state index contributed by atoms with van der Waals surface area (Å²) in [5.41, 5.74) is 2.51. The topological polar surface area (TPSA) is 68.1 Å². The van der Waals surface area contributed by atoms with Gasteiger partial charge in [0.1, 0.15) is 4.90 Å². The molecule has 1 aliphatic heterocycles. The zero-order chi connectivity index (χ0) is 19.9. The Morgan fingerprint density at radius 3 is 2.61 bits per heavy atom. The molecule has 0 aliphatic carbocycles. The summed E-state index contributed by atoms with van der Waals surface area (Å²) in [6.07, 6.45) is 1.82. The van der Waals surface area contributed by atoms with Crippen LogP contribution in [0.4, 0.5) is 0 Å². The van der Waals surface area contributed by atoms with Crippen LogP contribution >= 0.6 is 11.6 Å². The maximum atomic E-state index is 13.2. The van der Waals surface area contributed by atoms with E-state index in [2.05, 4.69) is 0 Å². The normalized spacial score (nSPS) is 15.8. The Morgan fingerprint density at radius 1 is 1.11 bits per heavy atom.